The molecule has 2 atom stereocenters. The molecule has 2 aromatic heterocycles. The lowest BCUT2D eigenvalue weighted by molar-refractivity contribution is 0.0737. The summed E-state index contributed by atoms with van der Waals surface area (Å²) < 4.78 is 12.5. The minimum Gasteiger partial charge on any atom is -0.482 e. The lowest BCUT2D eigenvalue weighted by atomic mass is 10.3. The molecule has 0 unspecified atom stereocenters. The number of aliphatic hydroxyl groups is 1. The minimum absolute atomic E-state index is 0.344. The van der Waals surface area contributed by atoms with Crippen molar-refractivity contribution in [2.75, 3.05) is 25.1 Å². The third-order valence-electron chi connectivity index (χ3n) is 3.31. The molecule has 1 saturated heterocycles. The third kappa shape index (κ3) is 2.89. The van der Waals surface area contributed by atoms with E-state index in [-0.39, 0.29) is 6.10 Å². The predicted octanol–water partition coefficient (Wildman–Crippen LogP) is -0.153. The number of β-amino-alcohol motifs (C(OH)–C–C–N with tert-alkyl or cyclic N) is 1. The summed E-state index contributed by atoms with van der Waals surface area (Å²) in [4.78, 5) is 10.3. The highest BCUT2D eigenvalue weighted by Crippen LogP contribution is 2.22. The van der Waals surface area contributed by atoms with Crippen molar-refractivity contribution in [3.8, 4) is 11.6 Å². The standard InChI is InChI=1S/C13H17N5O3/c1-17-6-9(5-15-17)21-11-8-18(7-10(11)19)13-14-4-3-12(16-13)20-2/h3-6,10-11,19H,7-8H2,1-2H3/t10-,11-/m1/s1. The highest BCUT2D eigenvalue weighted by atomic mass is 16.5. The molecule has 0 aliphatic carbocycles. The molecule has 1 fully saturated rings. The van der Waals surface area contributed by atoms with E-state index in [4.69, 9.17) is 9.47 Å². The zero-order chi connectivity index (χ0) is 14.8. The molecule has 1 aliphatic heterocycles. The van der Waals surface area contributed by atoms with Crippen molar-refractivity contribution in [3.63, 3.8) is 0 Å². The van der Waals surface area contributed by atoms with Gasteiger partial charge < -0.3 is 19.5 Å². The Labute approximate surface area is 122 Å². The number of aryl methyl sites for hydroxylation is 1. The molecule has 0 amide bonds. The highest BCUT2D eigenvalue weighted by Gasteiger charge is 2.34. The third-order valence-corrected chi connectivity index (χ3v) is 3.31. The van der Waals surface area contributed by atoms with Crippen LogP contribution in [0.1, 0.15) is 0 Å². The molecule has 21 heavy (non-hydrogen) atoms. The second-order valence-electron chi connectivity index (χ2n) is 4.88. The summed E-state index contributed by atoms with van der Waals surface area (Å²) in [6.45, 7) is 0.918. The molecule has 1 aliphatic rings. The SMILES string of the molecule is COc1ccnc(N2C[C@@H](O)[C@H](Oc3cnn(C)c3)C2)n1. The summed E-state index contributed by atoms with van der Waals surface area (Å²) in [5.74, 6) is 1.65. The van der Waals surface area contributed by atoms with Crippen LogP contribution in [0, 0.1) is 0 Å². The number of hydrogen-bond donors (Lipinski definition) is 1. The average molecular weight is 291 g/mol. The van der Waals surface area contributed by atoms with Crippen molar-refractivity contribution in [3.05, 3.63) is 24.7 Å². The monoisotopic (exact) mass is 291 g/mol. The van der Waals surface area contributed by atoms with E-state index in [1.54, 1.807) is 36.4 Å². The second-order valence-corrected chi connectivity index (χ2v) is 4.88. The van der Waals surface area contributed by atoms with E-state index in [1.165, 1.54) is 0 Å². The molecule has 0 spiro atoms. The van der Waals surface area contributed by atoms with Crippen LogP contribution in [0.2, 0.25) is 0 Å². The van der Waals surface area contributed by atoms with Gasteiger partial charge in [0.1, 0.15) is 12.2 Å². The minimum atomic E-state index is -0.611. The Morgan fingerprint density at radius 2 is 2.24 bits per heavy atom. The van der Waals surface area contributed by atoms with E-state index in [9.17, 15) is 5.11 Å². The lowest BCUT2D eigenvalue weighted by Crippen LogP contribution is -2.29. The normalized spacial score (nSPS) is 21.6. The van der Waals surface area contributed by atoms with Gasteiger partial charge in [-0.05, 0) is 0 Å². The van der Waals surface area contributed by atoms with E-state index < -0.39 is 6.10 Å². The molecule has 0 radical (unpaired) electrons. The number of aliphatic hydroxyl groups excluding tert-OH is 1. The van der Waals surface area contributed by atoms with Crippen LogP contribution < -0.4 is 14.4 Å². The van der Waals surface area contributed by atoms with Crippen LogP contribution in [-0.4, -0.2) is 57.3 Å². The molecule has 3 rings (SSSR count). The first-order chi connectivity index (χ1) is 10.2. The van der Waals surface area contributed by atoms with Crippen LogP contribution in [-0.2, 0) is 7.05 Å². The van der Waals surface area contributed by atoms with Gasteiger partial charge in [-0.3, -0.25) is 4.68 Å². The molecule has 2 aromatic rings. The van der Waals surface area contributed by atoms with Crippen molar-refractivity contribution in [2.24, 2.45) is 7.05 Å². The maximum atomic E-state index is 10.1. The molecule has 0 aromatic carbocycles. The van der Waals surface area contributed by atoms with Crippen molar-refractivity contribution in [1.82, 2.24) is 19.7 Å². The van der Waals surface area contributed by atoms with E-state index in [0.29, 0.717) is 30.7 Å². The molecule has 8 heteroatoms. The first-order valence-electron chi connectivity index (χ1n) is 6.61. The van der Waals surface area contributed by atoms with Gasteiger partial charge in [0.05, 0.1) is 32.6 Å². The van der Waals surface area contributed by atoms with Crippen LogP contribution in [0.15, 0.2) is 24.7 Å². The first kappa shape index (κ1) is 13.6. The van der Waals surface area contributed by atoms with E-state index >= 15 is 0 Å². The van der Waals surface area contributed by atoms with Crippen LogP contribution in [0.25, 0.3) is 0 Å². The smallest absolute Gasteiger partial charge is 0.228 e. The Kier molecular flexibility index (Phi) is 3.61. The van der Waals surface area contributed by atoms with Gasteiger partial charge in [0.15, 0.2) is 5.75 Å². The second kappa shape index (κ2) is 5.57. The molecular weight excluding hydrogens is 274 g/mol. The highest BCUT2D eigenvalue weighted by molar-refractivity contribution is 5.35. The molecule has 112 valence electrons. The molecule has 1 N–H and O–H groups in total. The fraction of sp³-hybridized carbons (Fsp3) is 0.462. The zero-order valence-corrected chi connectivity index (χ0v) is 11.9. The summed E-state index contributed by atoms with van der Waals surface area (Å²) in [7, 11) is 3.37. The number of methoxy groups -OCH3 is 1. The summed E-state index contributed by atoms with van der Waals surface area (Å²) in [6, 6.07) is 1.68. The van der Waals surface area contributed by atoms with Gasteiger partial charge in [-0.1, -0.05) is 0 Å². The summed E-state index contributed by atoms with van der Waals surface area (Å²) >= 11 is 0. The van der Waals surface area contributed by atoms with Gasteiger partial charge >= 0.3 is 0 Å². The van der Waals surface area contributed by atoms with Crippen LogP contribution in [0.4, 0.5) is 5.95 Å². The number of nitrogens with zero attached hydrogens (tertiary/aromatic N) is 5. The number of hydrogen-bond acceptors (Lipinski definition) is 7. The molecule has 0 saturated carbocycles. The van der Waals surface area contributed by atoms with Gasteiger partial charge in [0, 0.05) is 19.3 Å². The van der Waals surface area contributed by atoms with Crippen LogP contribution in [0.3, 0.4) is 0 Å². The Morgan fingerprint density at radius 1 is 1.38 bits per heavy atom. The van der Waals surface area contributed by atoms with Crippen LogP contribution in [0.5, 0.6) is 11.6 Å². The van der Waals surface area contributed by atoms with E-state index in [0.717, 1.165) is 0 Å². The van der Waals surface area contributed by atoms with Crippen molar-refractivity contribution in [1.29, 1.82) is 0 Å². The molecule has 0 bridgehead atoms. The summed E-state index contributed by atoms with van der Waals surface area (Å²) in [6.07, 6.45) is 4.06. The summed E-state index contributed by atoms with van der Waals surface area (Å²) in [5, 5.41) is 14.2. The van der Waals surface area contributed by atoms with Crippen LogP contribution >= 0.6 is 0 Å². The van der Waals surface area contributed by atoms with Gasteiger partial charge in [0.25, 0.3) is 0 Å². The van der Waals surface area contributed by atoms with Gasteiger partial charge in [-0.2, -0.15) is 10.1 Å². The number of rotatable bonds is 4. The number of aromatic nitrogens is 4. The van der Waals surface area contributed by atoms with Gasteiger partial charge in [-0.15, -0.1) is 0 Å². The molecule has 3 heterocycles. The first-order valence-corrected chi connectivity index (χ1v) is 6.61. The topological polar surface area (TPSA) is 85.5 Å². The Bertz CT molecular complexity index is 617. The van der Waals surface area contributed by atoms with Gasteiger partial charge in [-0.25, -0.2) is 4.98 Å². The molecule has 8 nitrogen and oxygen atoms in total. The Morgan fingerprint density at radius 3 is 2.95 bits per heavy atom. The quantitative estimate of drug-likeness (QED) is 0.838. The van der Waals surface area contributed by atoms with Crippen molar-refractivity contribution in [2.45, 2.75) is 12.2 Å². The fourth-order valence-electron chi connectivity index (χ4n) is 2.27. The maximum Gasteiger partial charge on any atom is 0.228 e. The number of anilines is 1. The predicted molar refractivity (Wildman–Crippen MR) is 74.4 cm³/mol. The number of ether oxygens (including phenoxy) is 2. The fourth-order valence-corrected chi connectivity index (χ4v) is 2.27. The maximum absolute atomic E-state index is 10.1. The lowest BCUT2D eigenvalue weighted by Gasteiger charge is -2.16. The largest absolute Gasteiger partial charge is 0.482 e. The summed E-state index contributed by atoms with van der Waals surface area (Å²) in [5.41, 5.74) is 0. The van der Waals surface area contributed by atoms with Crippen molar-refractivity contribution >= 4 is 5.95 Å². The Hall–Kier alpha value is -2.35. The van der Waals surface area contributed by atoms with E-state index in [2.05, 4.69) is 15.1 Å². The Balaban J connectivity index is 1.70. The van der Waals surface area contributed by atoms with E-state index in [1.807, 2.05) is 11.9 Å². The average Bonchev–Trinajstić information content (AvgIpc) is 3.06. The van der Waals surface area contributed by atoms with Gasteiger partial charge in [0.2, 0.25) is 11.8 Å². The van der Waals surface area contributed by atoms with Crippen molar-refractivity contribution < 1.29 is 14.6 Å². The zero-order valence-electron chi connectivity index (χ0n) is 11.9. The molecular formula is C13H17N5O3.